The van der Waals surface area contributed by atoms with Crippen LogP contribution in [0.4, 0.5) is 5.69 Å². The molecule has 1 aromatic carbocycles. The first-order chi connectivity index (χ1) is 9.97. The van der Waals surface area contributed by atoms with Crippen molar-refractivity contribution in [1.82, 2.24) is 0 Å². The molecule has 0 radical (unpaired) electrons. The monoisotopic (exact) mass is 310 g/mol. The summed E-state index contributed by atoms with van der Waals surface area (Å²) in [6.07, 6.45) is 3.01. The molecule has 1 unspecified atom stereocenters. The van der Waals surface area contributed by atoms with Gasteiger partial charge in [0.1, 0.15) is 6.10 Å². The predicted octanol–water partition coefficient (Wildman–Crippen LogP) is 0.792. The van der Waals surface area contributed by atoms with Crippen LogP contribution in [0.1, 0.15) is 24.8 Å². The number of fused-ring (bicyclic) bond motifs is 1. The van der Waals surface area contributed by atoms with Crippen LogP contribution in [0.3, 0.4) is 0 Å². The van der Waals surface area contributed by atoms with Crippen LogP contribution < -0.4 is 10.0 Å². The van der Waals surface area contributed by atoms with Gasteiger partial charge in [-0.1, -0.05) is 0 Å². The molecule has 0 spiro atoms. The number of ether oxygens (including phenoxy) is 1. The summed E-state index contributed by atoms with van der Waals surface area (Å²) < 4.78 is 28.3. The van der Waals surface area contributed by atoms with Crippen molar-refractivity contribution in [1.29, 1.82) is 0 Å². The standard InChI is InChI=1S/C14H18N2O4S/c15-21(18,19)11-4-5-12-10(9-11)6-7-16(12)14(17)13-3-1-2-8-20-13/h4-5,9,13H,1-3,6-8H2,(H2,15,18,19). The third-order valence-corrected chi connectivity index (χ3v) is 4.91. The fourth-order valence-electron chi connectivity index (χ4n) is 2.89. The van der Waals surface area contributed by atoms with Gasteiger partial charge in [0.05, 0.1) is 4.90 Å². The van der Waals surface area contributed by atoms with Gasteiger partial charge in [0.25, 0.3) is 5.91 Å². The highest BCUT2D eigenvalue weighted by Gasteiger charge is 2.32. The first-order valence-corrected chi connectivity index (χ1v) is 8.60. The minimum absolute atomic E-state index is 0.0307. The number of benzene rings is 1. The highest BCUT2D eigenvalue weighted by atomic mass is 32.2. The number of rotatable bonds is 2. The van der Waals surface area contributed by atoms with Gasteiger partial charge in [-0.3, -0.25) is 4.79 Å². The minimum Gasteiger partial charge on any atom is -0.368 e. The van der Waals surface area contributed by atoms with E-state index in [9.17, 15) is 13.2 Å². The van der Waals surface area contributed by atoms with E-state index < -0.39 is 10.0 Å². The van der Waals surface area contributed by atoms with Crippen LogP contribution in [-0.4, -0.2) is 33.6 Å². The minimum atomic E-state index is -3.71. The Morgan fingerprint density at radius 1 is 1.33 bits per heavy atom. The summed E-state index contributed by atoms with van der Waals surface area (Å²) in [6.45, 7) is 1.18. The molecule has 2 aliphatic rings. The van der Waals surface area contributed by atoms with Crippen LogP contribution >= 0.6 is 0 Å². The van der Waals surface area contributed by atoms with E-state index in [0.29, 0.717) is 19.6 Å². The number of carbonyl (C=O) groups is 1. The van der Waals surface area contributed by atoms with Crippen LogP contribution in [0.2, 0.25) is 0 Å². The van der Waals surface area contributed by atoms with Gasteiger partial charge in [0, 0.05) is 18.8 Å². The molecule has 0 aromatic heterocycles. The van der Waals surface area contributed by atoms with E-state index in [-0.39, 0.29) is 16.9 Å². The quantitative estimate of drug-likeness (QED) is 0.874. The van der Waals surface area contributed by atoms with E-state index in [1.54, 1.807) is 17.0 Å². The van der Waals surface area contributed by atoms with Gasteiger partial charge in [-0.25, -0.2) is 13.6 Å². The van der Waals surface area contributed by atoms with E-state index in [0.717, 1.165) is 30.5 Å². The Hall–Kier alpha value is -1.44. The molecule has 0 aliphatic carbocycles. The number of hydrogen-bond donors (Lipinski definition) is 1. The summed E-state index contributed by atoms with van der Waals surface area (Å²) >= 11 is 0. The molecule has 6 nitrogen and oxygen atoms in total. The number of primary sulfonamides is 1. The second-order valence-corrected chi connectivity index (χ2v) is 6.99. The summed E-state index contributed by atoms with van der Waals surface area (Å²) in [5.74, 6) is -0.0307. The Kier molecular flexibility index (Phi) is 3.73. The smallest absolute Gasteiger partial charge is 0.256 e. The van der Waals surface area contributed by atoms with E-state index >= 15 is 0 Å². The molecule has 114 valence electrons. The molecular weight excluding hydrogens is 292 g/mol. The summed E-state index contributed by atoms with van der Waals surface area (Å²) in [5.41, 5.74) is 1.60. The van der Waals surface area contributed by atoms with Crippen molar-refractivity contribution >= 4 is 21.6 Å². The molecule has 2 N–H and O–H groups in total. The number of carbonyl (C=O) groups excluding carboxylic acids is 1. The normalized spacial score (nSPS) is 22.1. The number of nitrogens with two attached hydrogens (primary N) is 1. The molecule has 1 aromatic rings. The second-order valence-electron chi connectivity index (χ2n) is 5.43. The van der Waals surface area contributed by atoms with Crippen LogP contribution in [0.25, 0.3) is 0 Å². The highest BCUT2D eigenvalue weighted by molar-refractivity contribution is 7.89. The third-order valence-electron chi connectivity index (χ3n) is 4.00. The fourth-order valence-corrected chi connectivity index (χ4v) is 3.46. The molecule has 2 aliphatic heterocycles. The Balaban J connectivity index is 1.85. The van der Waals surface area contributed by atoms with Crippen LogP contribution in [0.5, 0.6) is 0 Å². The van der Waals surface area contributed by atoms with Crippen LogP contribution in [0, 0.1) is 0 Å². The van der Waals surface area contributed by atoms with E-state index in [4.69, 9.17) is 9.88 Å². The summed E-state index contributed by atoms with van der Waals surface area (Å²) in [6, 6.07) is 4.66. The molecule has 0 saturated carbocycles. The Bertz CT molecular complexity index is 666. The van der Waals surface area contributed by atoms with Gasteiger partial charge in [-0.2, -0.15) is 0 Å². The third kappa shape index (κ3) is 2.81. The number of anilines is 1. The molecule has 7 heteroatoms. The number of sulfonamides is 1. The van der Waals surface area contributed by atoms with E-state index in [1.165, 1.54) is 6.07 Å². The Labute approximate surface area is 123 Å². The maximum Gasteiger partial charge on any atom is 0.256 e. The van der Waals surface area contributed by atoms with Gasteiger partial charge in [-0.05, 0) is 49.4 Å². The molecule has 1 atom stereocenters. The highest BCUT2D eigenvalue weighted by Crippen LogP contribution is 2.31. The number of hydrogen-bond acceptors (Lipinski definition) is 4. The van der Waals surface area contributed by atoms with Crippen molar-refractivity contribution < 1.29 is 17.9 Å². The zero-order valence-corrected chi connectivity index (χ0v) is 12.4. The van der Waals surface area contributed by atoms with Gasteiger partial charge in [0.15, 0.2) is 0 Å². The first-order valence-electron chi connectivity index (χ1n) is 7.05. The lowest BCUT2D eigenvalue weighted by Crippen LogP contribution is -2.41. The predicted molar refractivity (Wildman–Crippen MR) is 77.5 cm³/mol. The molecular formula is C14H18N2O4S. The van der Waals surface area contributed by atoms with Crippen molar-refractivity contribution in [3.05, 3.63) is 23.8 Å². The molecule has 2 heterocycles. The topological polar surface area (TPSA) is 89.7 Å². The van der Waals surface area contributed by atoms with Gasteiger partial charge < -0.3 is 9.64 Å². The van der Waals surface area contributed by atoms with Crippen molar-refractivity contribution in [3.63, 3.8) is 0 Å². The van der Waals surface area contributed by atoms with Gasteiger partial charge >= 0.3 is 0 Å². The molecule has 1 fully saturated rings. The van der Waals surface area contributed by atoms with E-state index in [2.05, 4.69) is 0 Å². The molecule has 0 bridgehead atoms. The maximum absolute atomic E-state index is 12.5. The second kappa shape index (κ2) is 5.40. The van der Waals surface area contributed by atoms with Crippen molar-refractivity contribution in [2.45, 2.75) is 36.7 Å². The fraction of sp³-hybridized carbons (Fsp3) is 0.500. The van der Waals surface area contributed by atoms with E-state index in [1.807, 2.05) is 0 Å². The largest absolute Gasteiger partial charge is 0.368 e. The molecule has 21 heavy (non-hydrogen) atoms. The Morgan fingerprint density at radius 2 is 2.14 bits per heavy atom. The summed E-state index contributed by atoms with van der Waals surface area (Å²) in [4.78, 5) is 14.3. The molecule has 1 amide bonds. The lowest BCUT2D eigenvalue weighted by molar-refractivity contribution is -0.132. The van der Waals surface area contributed by atoms with Gasteiger partial charge in [0.2, 0.25) is 10.0 Å². The van der Waals surface area contributed by atoms with Crippen molar-refractivity contribution in [2.75, 3.05) is 18.1 Å². The lowest BCUT2D eigenvalue weighted by Gasteiger charge is -2.27. The first kappa shape index (κ1) is 14.5. The zero-order valence-electron chi connectivity index (χ0n) is 11.6. The Morgan fingerprint density at radius 3 is 2.81 bits per heavy atom. The average Bonchev–Trinajstić information content (AvgIpc) is 2.89. The lowest BCUT2D eigenvalue weighted by atomic mass is 10.1. The van der Waals surface area contributed by atoms with Crippen LogP contribution in [-0.2, 0) is 26.0 Å². The number of amides is 1. The van der Waals surface area contributed by atoms with Gasteiger partial charge in [-0.15, -0.1) is 0 Å². The van der Waals surface area contributed by atoms with Crippen molar-refractivity contribution in [3.8, 4) is 0 Å². The summed E-state index contributed by atoms with van der Waals surface area (Å²) in [7, 11) is -3.71. The maximum atomic E-state index is 12.5. The number of nitrogens with zero attached hydrogens (tertiary/aromatic N) is 1. The van der Waals surface area contributed by atoms with Crippen LogP contribution in [0.15, 0.2) is 23.1 Å². The molecule has 1 saturated heterocycles. The zero-order chi connectivity index (χ0) is 15.0. The van der Waals surface area contributed by atoms with Crippen molar-refractivity contribution in [2.24, 2.45) is 5.14 Å². The average molecular weight is 310 g/mol. The summed E-state index contributed by atoms with van der Waals surface area (Å²) in [5, 5.41) is 5.13. The molecule has 3 rings (SSSR count). The SMILES string of the molecule is NS(=O)(=O)c1ccc2c(c1)CCN2C(=O)C1CCCCO1.